The van der Waals surface area contributed by atoms with Crippen LogP contribution >= 0.6 is 0 Å². The number of hydrogen-bond donors (Lipinski definition) is 0. The van der Waals surface area contributed by atoms with Crippen molar-refractivity contribution >= 4 is 49.3 Å². The van der Waals surface area contributed by atoms with E-state index in [1.54, 1.807) is 25.3 Å². The van der Waals surface area contributed by atoms with Crippen LogP contribution in [0.2, 0.25) is 0 Å². The van der Waals surface area contributed by atoms with Crippen molar-refractivity contribution in [1.29, 1.82) is 5.26 Å². The number of nitriles is 1. The first-order valence-corrected chi connectivity index (χ1v) is 14.3. The molecule has 0 bridgehead atoms. The zero-order valence-electron chi connectivity index (χ0n) is 23.8. The molecule has 0 radical (unpaired) electrons. The molecule has 0 fully saturated rings. The summed E-state index contributed by atoms with van der Waals surface area (Å²) in [5.74, 6) is 0.741. The first kappa shape index (κ1) is 25.4. The van der Waals surface area contributed by atoms with Gasteiger partial charge in [-0.05, 0) is 65.7 Å². The van der Waals surface area contributed by atoms with Crippen molar-refractivity contribution in [2.45, 2.75) is 0 Å². The van der Waals surface area contributed by atoms with Crippen LogP contribution in [0, 0.1) is 17.9 Å². The van der Waals surface area contributed by atoms with Crippen molar-refractivity contribution in [1.82, 2.24) is 9.13 Å². The Kier molecular flexibility index (Phi) is 5.72. The summed E-state index contributed by atoms with van der Waals surface area (Å²) < 4.78 is 10.0. The molecule has 2 aromatic heterocycles. The van der Waals surface area contributed by atoms with Crippen LogP contribution in [-0.2, 0) is 0 Å². The summed E-state index contributed by atoms with van der Waals surface area (Å²) >= 11 is 0. The minimum Gasteiger partial charge on any atom is -0.497 e. The molecule has 44 heavy (non-hydrogen) atoms. The largest absolute Gasteiger partial charge is 0.497 e. The number of rotatable bonds is 4. The number of aromatic nitrogens is 2. The number of benzene rings is 6. The molecule has 5 heteroatoms. The Balaban J connectivity index is 1.49. The van der Waals surface area contributed by atoms with Crippen molar-refractivity contribution in [2.24, 2.45) is 0 Å². The third-order valence-corrected chi connectivity index (χ3v) is 8.48. The Morgan fingerprint density at radius 2 is 1.41 bits per heavy atom. The highest BCUT2D eigenvalue weighted by Crippen LogP contribution is 2.43. The van der Waals surface area contributed by atoms with Crippen molar-refractivity contribution < 1.29 is 4.74 Å². The fourth-order valence-electron chi connectivity index (χ4n) is 6.60. The number of nitrogens with zero attached hydrogens (tertiary/aromatic N) is 4. The van der Waals surface area contributed by atoms with Gasteiger partial charge in [0.1, 0.15) is 5.75 Å². The van der Waals surface area contributed by atoms with E-state index in [4.69, 9.17) is 11.3 Å². The Labute approximate surface area is 253 Å². The summed E-state index contributed by atoms with van der Waals surface area (Å²) in [7, 11) is 1.67. The number of para-hydroxylation sites is 3. The predicted octanol–water partition coefficient (Wildman–Crippen LogP) is 9.98. The highest BCUT2D eigenvalue weighted by molar-refractivity contribution is 6.17. The SMILES string of the molecule is [C-]#[N+]c1cccc(C#N)c1-n1c2ccc(OC)cc2c2c(-c3ccc4c5ccccc5n(-c5ccccc5)c4c3)cccc21. The van der Waals surface area contributed by atoms with E-state index >= 15 is 0 Å². The van der Waals surface area contributed by atoms with E-state index in [1.807, 2.05) is 30.3 Å². The molecule has 0 N–H and O–H groups in total. The maximum Gasteiger partial charge on any atom is 0.211 e. The summed E-state index contributed by atoms with van der Waals surface area (Å²) in [4.78, 5) is 3.81. The molecule has 2 heterocycles. The molecule has 0 atom stereocenters. The van der Waals surface area contributed by atoms with E-state index in [9.17, 15) is 5.26 Å². The molecule has 206 valence electrons. The van der Waals surface area contributed by atoms with Gasteiger partial charge in [-0.2, -0.15) is 5.26 Å². The molecule has 0 aliphatic rings. The quantitative estimate of drug-likeness (QED) is 0.200. The normalized spacial score (nSPS) is 11.2. The Hall–Kier alpha value is -6.30. The van der Waals surface area contributed by atoms with Crippen LogP contribution < -0.4 is 4.74 Å². The summed E-state index contributed by atoms with van der Waals surface area (Å²) in [6, 6.07) is 45.5. The van der Waals surface area contributed by atoms with Gasteiger partial charge in [-0.25, -0.2) is 4.85 Å². The predicted molar refractivity (Wildman–Crippen MR) is 178 cm³/mol. The van der Waals surface area contributed by atoms with E-state index in [-0.39, 0.29) is 0 Å². The molecule has 0 spiro atoms. The maximum absolute atomic E-state index is 10.1. The lowest BCUT2D eigenvalue weighted by Gasteiger charge is -2.13. The van der Waals surface area contributed by atoms with Crippen molar-refractivity contribution in [3.05, 3.63) is 144 Å². The lowest BCUT2D eigenvalue weighted by atomic mass is 9.98. The van der Waals surface area contributed by atoms with Crippen LogP contribution in [0.1, 0.15) is 5.56 Å². The summed E-state index contributed by atoms with van der Waals surface area (Å²) in [5, 5.41) is 14.5. The molecule has 0 saturated carbocycles. The number of methoxy groups -OCH3 is 1. The van der Waals surface area contributed by atoms with Gasteiger partial charge in [0.05, 0.1) is 53.1 Å². The van der Waals surface area contributed by atoms with Gasteiger partial charge < -0.3 is 13.9 Å². The summed E-state index contributed by atoms with van der Waals surface area (Å²) in [6.07, 6.45) is 0. The second kappa shape index (κ2) is 9.91. The molecule has 5 nitrogen and oxygen atoms in total. The molecule has 0 saturated heterocycles. The first-order valence-electron chi connectivity index (χ1n) is 14.3. The minimum atomic E-state index is 0.429. The summed E-state index contributed by atoms with van der Waals surface area (Å²) in [5.41, 5.74) is 8.81. The van der Waals surface area contributed by atoms with Crippen LogP contribution in [0.5, 0.6) is 5.75 Å². The highest BCUT2D eigenvalue weighted by Gasteiger charge is 2.21. The fraction of sp³-hybridized carbons (Fsp3) is 0.0256. The summed E-state index contributed by atoms with van der Waals surface area (Å²) in [6.45, 7) is 7.91. The maximum atomic E-state index is 10.1. The molecule has 0 aliphatic carbocycles. The molecule has 0 amide bonds. The van der Waals surface area contributed by atoms with E-state index in [0.29, 0.717) is 16.9 Å². The third kappa shape index (κ3) is 3.64. The van der Waals surface area contributed by atoms with Crippen LogP contribution in [0.4, 0.5) is 5.69 Å². The number of ether oxygens (including phenoxy) is 1. The zero-order chi connectivity index (χ0) is 29.8. The van der Waals surface area contributed by atoms with Crippen molar-refractivity contribution in [3.63, 3.8) is 0 Å². The van der Waals surface area contributed by atoms with Gasteiger partial charge in [0.15, 0.2) is 0 Å². The van der Waals surface area contributed by atoms with Gasteiger partial charge in [0.2, 0.25) is 5.69 Å². The van der Waals surface area contributed by atoms with Crippen LogP contribution in [0.3, 0.4) is 0 Å². The average Bonchev–Trinajstić information content (AvgIpc) is 3.60. The molecular formula is C39H24N4O. The molecular weight excluding hydrogens is 540 g/mol. The Bertz CT molecular complexity index is 2470. The smallest absolute Gasteiger partial charge is 0.211 e. The molecule has 0 aliphatic heterocycles. The molecule has 8 rings (SSSR count). The van der Waals surface area contributed by atoms with Crippen molar-refractivity contribution in [2.75, 3.05) is 7.11 Å². The highest BCUT2D eigenvalue weighted by atomic mass is 16.5. The van der Waals surface area contributed by atoms with E-state index < -0.39 is 0 Å². The van der Waals surface area contributed by atoms with Gasteiger partial charge in [0, 0.05) is 27.2 Å². The Morgan fingerprint density at radius 3 is 2.23 bits per heavy atom. The monoisotopic (exact) mass is 564 g/mol. The van der Waals surface area contributed by atoms with Crippen LogP contribution in [0.15, 0.2) is 127 Å². The van der Waals surface area contributed by atoms with Crippen LogP contribution in [0.25, 0.3) is 71.0 Å². The van der Waals surface area contributed by atoms with Gasteiger partial charge >= 0.3 is 0 Å². The van der Waals surface area contributed by atoms with E-state index in [1.165, 1.54) is 10.8 Å². The van der Waals surface area contributed by atoms with Crippen LogP contribution in [-0.4, -0.2) is 16.2 Å². The first-order chi connectivity index (χ1) is 21.7. The van der Waals surface area contributed by atoms with Gasteiger partial charge in [-0.15, -0.1) is 0 Å². The van der Waals surface area contributed by atoms with Gasteiger partial charge in [0.25, 0.3) is 0 Å². The van der Waals surface area contributed by atoms with Crippen molar-refractivity contribution in [3.8, 4) is 34.3 Å². The Morgan fingerprint density at radius 1 is 0.659 bits per heavy atom. The van der Waals surface area contributed by atoms with E-state index in [0.717, 1.165) is 55.4 Å². The number of fused-ring (bicyclic) bond motifs is 6. The molecule has 6 aromatic carbocycles. The minimum absolute atomic E-state index is 0.429. The van der Waals surface area contributed by atoms with Gasteiger partial charge in [-0.1, -0.05) is 72.8 Å². The lowest BCUT2D eigenvalue weighted by molar-refractivity contribution is 0.415. The van der Waals surface area contributed by atoms with E-state index in [2.05, 4.69) is 98.9 Å². The average molecular weight is 565 g/mol. The molecule has 8 aromatic rings. The number of hydrogen-bond acceptors (Lipinski definition) is 2. The topological polar surface area (TPSA) is 47.2 Å². The molecule has 0 unspecified atom stereocenters. The van der Waals surface area contributed by atoms with Gasteiger partial charge in [-0.3, -0.25) is 0 Å². The zero-order valence-corrected chi connectivity index (χ0v) is 23.8. The lowest BCUT2D eigenvalue weighted by Crippen LogP contribution is -1.98. The second-order valence-electron chi connectivity index (χ2n) is 10.7. The standard InChI is InChI=1S/C39H24N4O/c1-41-33-15-8-10-26(24-40)39(33)43-35-21-19-28(44-2)23-32(35)38-29(14-9-17-36(38)43)25-18-20-31-30-13-6-7-16-34(30)42(37(31)22-25)27-11-4-3-5-12-27/h3-23H,2H3. The fourth-order valence-corrected chi connectivity index (χ4v) is 6.60. The second-order valence-corrected chi connectivity index (χ2v) is 10.7. The third-order valence-electron chi connectivity index (χ3n) is 8.48.